The van der Waals surface area contributed by atoms with Crippen molar-refractivity contribution in [1.82, 2.24) is 9.88 Å². The molecule has 1 N–H and O–H groups in total. The molecule has 5 heteroatoms. The molecule has 3 atom stereocenters. The molecule has 0 amide bonds. The van der Waals surface area contributed by atoms with Crippen LogP contribution in [-0.2, 0) is 12.8 Å². The van der Waals surface area contributed by atoms with Crippen LogP contribution in [0.25, 0.3) is 10.8 Å². The molecule has 0 saturated carbocycles. The van der Waals surface area contributed by atoms with Crippen LogP contribution in [0.1, 0.15) is 42.6 Å². The molecule has 0 aliphatic carbocycles. The molecule has 1 saturated heterocycles. The molecule has 5 rings (SSSR count). The number of methoxy groups -OCH3 is 2. The van der Waals surface area contributed by atoms with Crippen LogP contribution in [0.2, 0.25) is 0 Å². The van der Waals surface area contributed by atoms with Gasteiger partial charge in [0.05, 0.1) is 25.5 Å². The van der Waals surface area contributed by atoms with Crippen molar-refractivity contribution in [1.29, 1.82) is 0 Å². The van der Waals surface area contributed by atoms with E-state index in [0.717, 1.165) is 48.5 Å². The van der Waals surface area contributed by atoms with E-state index in [0.29, 0.717) is 12.8 Å². The topological polar surface area (TPSA) is 54.8 Å². The van der Waals surface area contributed by atoms with E-state index >= 15 is 0 Å². The first-order valence-corrected chi connectivity index (χ1v) is 11.6. The number of aliphatic hydroxyl groups is 1. The molecule has 2 aliphatic rings. The second-order valence-electron chi connectivity index (χ2n) is 9.24. The zero-order valence-electron chi connectivity index (χ0n) is 19.2. The highest BCUT2D eigenvalue weighted by molar-refractivity contribution is 5.84. The Bertz CT molecular complexity index is 1130. The molecule has 1 fully saturated rings. The lowest BCUT2D eigenvalue weighted by molar-refractivity contribution is -0.0986. The summed E-state index contributed by atoms with van der Waals surface area (Å²) in [6, 6.07) is 14.8. The summed E-state index contributed by atoms with van der Waals surface area (Å²) in [7, 11) is 3.36. The summed E-state index contributed by atoms with van der Waals surface area (Å²) >= 11 is 0. The highest BCUT2D eigenvalue weighted by atomic mass is 16.5. The molecule has 168 valence electrons. The maximum absolute atomic E-state index is 12.1. The van der Waals surface area contributed by atoms with Crippen LogP contribution < -0.4 is 9.47 Å². The Morgan fingerprint density at radius 3 is 2.69 bits per heavy atom. The van der Waals surface area contributed by atoms with Gasteiger partial charge in [0.2, 0.25) is 0 Å². The van der Waals surface area contributed by atoms with Crippen molar-refractivity contribution < 1.29 is 14.6 Å². The average Bonchev–Trinajstić information content (AvgIpc) is 2.82. The van der Waals surface area contributed by atoms with Gasteiger partial charge in [0, 0.05) is 43.1 Å². The first-order chi connectivity index (χ1) is 15.6. The van der Waals surface area contributed by atoms with Gasteiger partial charge in [-0.2, -0.15) is 0 Å². The smallest absolute Gasteiger partial charge is 0.161 e. The second-order valence-corrected chi connectivity index (χ2v) is 9.24. The first kappa shape index (κ1) is 21.2. The summed E-state index contributed by atoms with van der Waals surface area (Å²) in [5.41, 5.74) is 2.73. The largest absolute Gasteiger partial charge is 0.493 e. The van der Waals surface area contributed by atoms with Gasteiger partial charge in [-0.1, -0.05) is 31.2 Å². The molecular weight excluding hydrogens is 400 g/mol. The Kier molecular flexibility index (Phi) is 5.56. The zero-order valence-corrected chi connectivity index (χ0v) is 19.2. The lowest BCUT2D eigenvalue weighted by atomic mass is 9.70. The Morgan fingerprint density at radius 2 is 1.91 bits per heavy atom. The summed E-state index contributed by atoms with van der Waals surface area (Å²) in [6.45, 7) is 4.10. The van der Waals surface area contributed by atoms with Crippen molar-refractivity contribution >= 4 is 10.8 Å². The number of nitrogens with zero attached hydrogens (tertiary/aromatic N) is 2. The van der Waals surface area contributed by atoms with E-state index in [9.17, 15) is 5.11 Å². The van der Waals surface area contributed by atoms with Crippen LogP contribution in [0, 0.1) is 5.92 Å². The minimum atomic E-state index is -0.811. The fourth-order valence-corrected chi connectivity index (χ4v) is 5.83. The van der Waals surface area contributed by atoms with Crippen LogP contribution >= 0.6 is 0 Å². The SMILES string of the molecule is CC[C@@H]1CN2CCc3cc(OC)c(OC)cc3[C@@H]2C[C@]1(O)Cc1nccc2ccccc12. The quantitative estimate of drug-likeness (QED) is 0.641. The minimum Gasteiger partial charge on any atom is -0.493 e. The predicted octanol–water partition coefficient (Wildman–Crippen LogP) is 4.55. The number of rotatable bonds is 5. The highest BCUT2D eigenvalue weighted by Gasteiger charge is 2.47. The van der Waals surface area contributed by atoms with E-state index < -0.39 is 5.60 Å². The molecule has 5 nitrogen and oxygen atoms in total. The lowest BCUT2D eigenvalue weighted by Gasteiger charge is -2.51. The number of hydrogen-bond donors (Lipinski definition) is 1. The molecule has 1 aromatic heterocycles. The fraction of sp³-hybridized carbons (Fsp3) is 0.444. The normalized spacial score (nSPS) is 25.2. The molecule has 2 aromatic carbocycles. The van der Waals surface area contributed by atoms with E-state index in [2.05, 4.69) is 48.2 Å². The Morgan fingerprint density at radius 1 is 1.12 bits per heavy atom. The summed E-state index contributed by atoms with van der Waals surface area (Å²) in [4.78, 5) is 7.25. The number of hydrogen-bond acceptors (Lipinski definition) is 5. The van der Waals surface area contributed by atoms with Gasteiger partial charge in [-0.25, -0.2) is 0 Å². The van der Waals surface area contributed by atoms with Crippen LogP contribution in [0.4, 0.5) is 0 Å². The van der Waals surface area contributed by atoms with Crippen LogP contribution in [0.15, 0.2) is 48.7 Å². The molecule has 3 aromatic rings. The standard InChI is InChI=1S/C27H32N2O3/c1-4-20-17-29-12-10-19-13-25(31-2)26(32-3)14-22(19)24(29)16-27(20,30)15-23-21-8-6-5-7-18(21)9-11-28-23/h5-9,11,13-14,20,24,30H,4,10,12,15-17H2,1-3H3/t20-,24+,27-/m1/s1. The summed E-state index contributed by atoms with van der Waals surface area (Å²) < 4.78 is 11.1. The van der Waals surface area contributed by atoms with Gasteiger partial charge in [0.25, 0.3) is 0 Å². The number of benzene rings is 2. The first-order valence-electron chi connectivity index (χ1n) is 11.6. The number of piperidine rings is 1. The molecule has 3 heterocycles. The average molecular weight is 433 g/mol. The van der Waals surface area contributed by atoms with Gasteiger partial charge in [0.1, 0.15) is 0 Å². The highest BCUT2D eigenvalue weighted by Crippen LogP contribution is 2.47. The third kappa shape index (κ3) is 3.54. The third-order valence-corrected chi connectivity index (χ3v) is 7.60. The van der Waals surface area contributed by atoms with Crippen molar-refractivity contribution in [2.75, 3.05) is 27.3 Å². The number of pyridine rings is 1. The Labute approximate surface area is 190 Å². The van der Waals surface area contributed by atoms with Crippen LogP contribution in [0.3, 0.4) is 0 Å². The molecule has 0 unspecified atom stereocenters. The third-order valence-electron chi connectivity index (χ3n) is 7.60. The lowest BCUT2D eigenvalue weighted by Crippen LogP contribution is -2.55. The van der Waals surface area contributed by atoms with Gasteiger partial charge in [-0.05, 0) is 54.0 Å². The Balaban J connectivity index is 1.53. The molecule has 0 radical (unpaired) electrons. The fourth-order valence-electron chi connectivity index (χ4n) is 5.83. The van der Waals surface area contributed by atoms with E-state index in [1.165, 1.54) is 16.5 Å². The summed E-state index contributed by atoms with van der Waals surface area (Å²) in [5.74, 6) is 1.74. The van der Waals surface area contributed by atoms with Gasteiger partial charge in [-0.3, -0.25) is 9.88 Å². The van der Waals surface area contributed by atoms with E-state index in [4.69, 9.17) is 14.5 Å². The van der Waals surface area contributed by atoms with Crippen LogP contribution in [0.5, 0.6) is 11.5 Å². The zero-order chi connectivity index (χ0) is 22.3. The maximum atomic E-state index is 12.1. The van der Waals surface area contributed by atoms with E-state index in [1.54, 1.807) is 14.2 Å². The summed E-state index contributed by atoms with van der Waals surface area (Å²) in [6.07, 6.45) is 5.07. The van der Waals surface area contributed by atoms with E-state index in [1.807, 2.05) is 12.3 Å². The number of ether oxygens (including phenoxy) is 2. The van der Waals surface area contributed by atoms with Gasteiger partial charge in [0.15, 0.2) is 11.5 Å². The number of aromatic nitrogens is 1. The molecule has 0 bridgehead atoms. The van der Waals surface area contributed by atoms with Gasteiger partial charge in [-0.15, -0.1) is 0 Å². The molecule has 0 spiro atoms. The van der Waals surface area contributed by atoms with Crippen molar-refractivity contribution in [2.45, 2.75) is 44.2 Å². The predicted molar refractivity (Wildman–Crippen MR) is 126 cm³/mol. The Hall–Kier alpha value is -2.63. The van der Waals surface area contributed by atoms with Crippen LogP contribution in [-0.4, -0.2) is 47.9 Å². The summed E-state index contributed by atoms with van der Waals surface area (Å²) in [5, 5.41) is 14.4. The molecule has 2 aliphatic heterocycles. The van der Waals surface area contributed by atoms with Gasteiger partial charge >= 0.3 is 0 Å². The number of fused-ring (bicyclic) bond motifs is 4. The maximum Gasteiger partial charge on any atom is 0.161 e. The molecular formula is C27H32N2O3. The van der Waals surface area contributed by atoms with Crippen molar-refractivity contribution in [3.8, 4) is 11.5 Å². The van der Waals surface area contributed by atoms with E-state index in [-0.39, 0.29) is 12.0 Å². The monoisotopic (exact) mass is 432 g/mol. The van der Waals surface area contributed by atoms with Gasteiger partial charge < -0.3 is 14.6 Å². The minimum absolute atomic E-state index is 0.168. The van der Waals surface area contributed by atoms with Crippen molar-refractivity contribution in [3.63, 3.8) is 0 Å². The van der Waals surface area contributed by atoms with Crippen molar-refractivity contribution in [3.05, 3.63) is 65.5 Å². The molecule has 32 heavy (non-hydrogen) atoms. The second kappa shape index (κ2) is 8.38. The van der Waals surface area contributed by atoms with Crippen molar-refractivity contribution in [2.24, 2.45) is 5.92 Å².